The Labute approximate surface area is 165 Å². The molecule has 0 aliphatic heterocycles. The molecule has 2 aromatic carbocycles. The number of rotatable bonds is 8. The molecule has 0 radical (unpaired) electrons. The van der Waals surface area contributed by atoms with Crippen molar-refractivity contribution in [1.29, 1.82) is 0 Å². The van der Waals surface area contributed by atoms with Gasteiger partial charge >= 0.3 is 0 Å². The van der Waals surface area contributed by atoms with Gasteiger partial charge in [-0.25, -0.2) is 0 Å². The number of non-ortho nitro benzene ring substituents is 1. The number of likely N-dealkylation sites (N-methyl/N-ethyl adjacent to an activating group) is 1. The van der Waals surface area contributed by atoms with Crippen LogP contribution in [0, 0.1) is 10.1 Å². The zero-order valence-electron chi connectivity index (χ0n) is 16.0. The van der Waals surface area contributed by atoms with E-state index in [4.69, 9.17) is 4.74 Å². The summed E-state index contributed by atoms with van der Waals surface area (Å²) in [5.41, 5.74) is 2.88. The Morgan fingerprint density at radius 2 is 1.78 bits per heavy atom. The summed E-state index contributed by atoms with van der Waals surface area (Å²) in [6.45, 7) is 1.32. The summed E-state index contributed by atoms with van der Waals surface area (Å²) in [4.78, 5) is 14.4. The normalized spacial score (nSPS) is 10.4. The first-order valence-electron chi connectivity index (χ1n) is 8.31. The summed E-state index contributed by atoms with van der Waals surface area (Å²) in [6, 6.07) is 10.3. The molecule has 0 aromatic heterocycles. The van der Waals surface area contributed by atoms with Gasteiger partial charge in [0.15, 0.2) is 11.5 Å². The van der Waals surface area contributed by atoms with Gasteiger partial charge in [-0.3, -0.25) is 10.1 Å². The van der Waals surface area contributed by atoms with E-state index < -0.39 is 4.92 Å². The lowest BCUT2D eigenvalue weighted by Crippen LogP contribution is -2.21. The number of nitro benzene ring substituents is 1. The van der Waals surface area contributed by atoms with Crippen LogP contribution in [-0.4, -0.2) is 49.7 Å². The third-order valence-corrected chi connectivity index (χ3v) is 4.24. The highest BCUT2D eigenvalue weighted by atomic mass is 35.5. The number of phenolic OH excluding ortho intramolecular Hbond substituents is 1. The van der Waals surface area contributed by atoms with Crippen molar-refractivity contribution in [3.8, 4) is 11.5 Å². The summed E-state index contributed by atoms with van der Waals surface area (Å²) < 4.78 is 5.27. The van der Waals surface area contributed by atoms with Gasteiger partial charge in [0, 0.05) is 56.6 Å². The van der Waals surface area contributed by atoms with Crippen molar-refractivity contribution in [1.82, 2.24) is 4.90 Å². The molecule has 8 heteroatoms. The Kier molecular flexibility index (Phi) is 8.33. The fourth-order valence-corrected chi connectivity index (χ4v) is 2.66. The predicted molar refractivity (Wildman–Crippen MR) is 109 cm³/mol. The molecular weight excluding hydrogens is 370 g/mol. The molecule has 0 unspecified atom stereocenters. The highest BCUT2D eigenvalue weighted by molar-refractivity contribution is 5.85. The first-order valence-corrected chi connectivity index (χ1v) is 8.31. The van der Waals surface area contributed by atoms with Gasteiger partial charge < -0.3 is 19.6 Å². The second-order valence-electron chi connectivity index (χ2n) is 6.46. The molecule has 2 rings (SSSR count). The minimum Gasteiger partial charge on any atom is -0.504 e. The average Bonchev–Trinajstić information content (AvgIpc) is 2.61. The number of phenols is 1. The Balaban J connectivity index is 0.00000364. The maximum Gasteiger partial charge on any atom is 0.269 e. The molecule has 0 atom stereocenters. The van der Waals surface area contributed by atoms with Crippen LogP contribution in [0.2, 0.25) is 0 Å². The molecule has 1 N–H and O–H groups in total. The molecule has 0 saturated carbocycles. The van der Waals surface area contributed by atoms with Crippen molar-refractivity contribution in [2.75, 3.05) is 39.7 Å². The number of anilines is 1. The Morgan fingerprint density at radius 1 is 1.15 bits per heavy atom. The number of hydrogen-bond acceptors (Lipinski definition) is 6. The van der Waals surface area contributed by atoms with Gasteiger partial charge in [0.05, 0.1) is 12.0 Å². The molecule has 148 valence electrons. The zero-order valence-corrected chi connectivity index (χ0v) is 16.8. The number of benzene rings is 2. The van der Waals surface area contributed by atoms with E-state index in [1.807, 2.05) is 32.1 Å². The van der Waals surface area contributed by atoms with E-state index in [0.717, 1.165) is 29.8 Å². The van der Waals surface area contributed by atoms with Crippen molar-refractivity contribution in [2.24, 2.45) is 0 Å². The molecule has 0 saturated heterocycles. The summed E-state index contributed by atoms with van der Waals surface area (Å²) >= 11 is 0. The first kappa shape index (κ1) is 22.5. The number of methoxy groups -OCH3 is 1. The van der Waals surface area contributed by atoms with Crippen LogP contribution in [0.5, 0.6) is 11.5 Å². The number of nitrogens with zero attached hydrogens (tertiary/aromatic N) is 3. The third-order valence-electron chi connectivity index (χ3n) is 4.24. The van der Waals surface area contributed by atoms with Crippen molar-refractivity contribution in [3.63, 3.8) is 0 Å². The Morgan fingerprint density at radius 3 is 2.30 bits per heavy atom. The molecule has 2 aromatic rings. The molecule has 0 heterocycles. The molecule has 27 heavy (non-hydrogen) atoms. The van der Waals surface area contributed by atoms with E-state index in [0.29, 0.717) is 12.3 Å². The summed E-state index contributed by atoms with van der Waals surface area (Å²) in [7, 11) is 7.39. The summed E-state index contributed by atoms with van der Waals surface area (Å²) in [6.07, 6.45) is 0.764. The van der Waals surface area contributed by atoms with E-state index in [2.05, 4.69) is 4.90 Å². The minimum atomic E-state index is -0.399. The van der Waals surface area contributed by atoms with Gasteiger partial charge in [-0.05, 0) is 25.1 Å². The van der Waals surface area contributed by atoms with Gasteiger partial charge in [0.2, 0.25) is 0 Å². The van der Waals surface area contributed by atoms with Crippen molar-refractivity contribution in [3.05, 3.63) is 57.6 Å². The van der Waals surface area contributed by atoms with Crippen molar-refractivity contribution >= 4 is 23.8 Å². The van der Waals surface area contributed by atoms with Crippen molar-refractivity contribution < 1.29 is 14.8 Å². The monoisotopic (exact) mass is 395 g/mol. The van der Waals surface area contributed by atoms with Gasteiger partial charge in [-0.1, -0.05) is 12.1 Å². The minimum absolute atomic E-state index is 0. The molecule has 0 aliphatic carbocycles. The maximum absolute atomic E-state index is 10.7. The SMILES string of the molecule is COc1cc(N(C)C)cc(CN(C)CCc2ccc([N+](=O)[O-])cc2)c1O.Cl. The lowest BCUT2D eigenvalue weighted by molar-refractivity contribution is -0.384. The largest absolute Gasteiger partial charge is 0.504 e. The van der Waals surface area contributed by atoms with Crippen LogP contribution >= 0.6 is 12.4 Å². The highest BCUT2D eigenvalue weighted by Crippen LogP contribution is 2.35. The molecule has 0 spiro atoms. The lowest BCUT2D eigenvalue weighted by atomic mass is 10.1. The van der Waals surface area contributed by atoms with E-state index in [1.165, 1.54) is 19.2 Å². The van der Waals surface area contributed by atoms with Crippen molar-refractivity contribution in [2.45, 2.75) is 13.0 Å². The molecule has 7 nitrogen and oxygen atoms in total. The van der Waals surface area contributed by atoms with Crippen LogP contribution in [0.15, 0.2) is 36.4 Å². The summed E-state index contributed by atoms with van der Waals surface area (Å²) in [5, 5.41) is 21.1. The van der Waals surface area contributed by atoms with E-state index in [-0.39, 0.29) is 23.8 Å². The third kappa shape index (κ3) is 6.01. The lowest BCUT2D eigenvalue weighted by Gasteiger charge is -2.21. The van der Waals surface area contributed by atoms with E-state index in [1.54, 1.807) is 18.2 Å². The number of aromatic hydroxyl groups is 1. The van der Waals surface area contributed by atoms with E-state index in [9.17, 15) is 15.2 Å². The topological polar surface area (TPSA) is 79.1 Å². The van der Waals surface area contributed by atoms with Gasteiger partial charge in [0.25, 0.3) is 5.69 Å². The van der Waals surface area contributed by atoms with Crippen LogP contribution in [0.25, 0.3) is 0 Å². The quantitative estimate of drug-likeness (QED) is 0.544. The van der Waals surface area contributed by atoms with Crippen LogP contribution < -0.4 is 9.64 Å². The molecule has 0 fully saturated rings. The Bertz CT molecular complexity index is 766. The Hall–Kier alpha value is -2.51. The fraction of sp³-hybridized carbons (Fsp3) is 0.368. The van der Waals surface area contributed by atoms with Crippen LogP contribution in [0.3, 0.4) is 0 Å². The van der Waals surface area contributed by atoms with Crippen LogP contribution in [-0.2, 0) is 13.0 Å². The molecule has 0 amide bonds. The van der Waals surface area contributed by atoms with E-state index >= 15 is 0 Å². The standard InChI is InChI=1S/C19H25N3O4.ClH/c1-20(2)17-11-15(19(23)18(12-17)26-4)13-21(3)10-9-14-5-7-16(8-6-14)22(24)25;/h5-8,11-12,23H,9-10,13H2,1-4H3;1H. The average molecular weight is 396 g/mol. The second kappa shape index (κ2) is 9.99. The number of hydrogen-bond donors (Lipinski definition) is 1. The molecule has 0 bridgehead atoms. The van der Waals surface area contributed by atoms with Crippen LogP contribution in [0.4, 0.5) is 11.4 Å². The zero-order chi connectivity index (χ0) is 19.3. The second-order valence-corrected chi connectivity index (χ2v) is 6.46. The highest BCUT2D eigenvalue weighted by Gasteiger charge is 2.14. The van der Waals surface area contributed by atoms with Gasteiger partial charge in [0.1, 0.15) is 0 Å². The van der Waals surface area contributed by atoms with Gasteiger partial charge in [-0.2, -0.15) is 0 Å². The fourth-order valence-electron chi connectivity index (χ4n) is 2.66. The maximum atomic E-state index is 10.7. The van der Waals surface area contributed by atoms with Crippen LogP contribution in [0.1, 0.15) is 11.1 Å². The first-order chi connectivity index (χ1) is 12.3. The molecular formula is C19H26ClN3O4. The van der Waals surface area contributed by atoms with Gasteiger partial charge in [-0.15, -0.1) is 12.4 Å². The smallest absolute Gasteiger partial charge is 0.269 e. The number of nitro groups is 1. The predicted octanol–water partition coefficient (Wildman–Crippen LogP) is 3.47. The number of halogens is 1. The molecule has 0 aliphatic rings. The summed E-state index contributed by atoms with van der Waals surface area (Å²) in [5.74, 6) is 0.607. The number of ether oxygens (including phenoxy) is 1.